The summed E-state index contributed by atoms with van der Waals surface area (Å²) in [7, 11) is 0. The third kappa shape index (κ3) is 7.23. The number of aryl methyl sites for hydroxylation is 1. The Labute approximate surface area is 228 Å². The lowest BCUT2D eigenvalue weighted by Crippen LogP contribution is -2.35. The number of hydrogen-bond acceptors (Lipinski definition) is 8. The first-order valence-corrected chi connectivity index (χ1v) is 13.2. The average molecular weight is 536 g/mol. The Morgan fingerprint density at radius 1 is 1.23 bits per heavy atom. The Balaban J connectivity index is 1.55. The van der Waals surface area contributed by atoms with E-state index in [1.54, 1.807) is 24.5 Å². The second-order valence-corrected chi connectivity index (χ2v) is 10.3. The van der Waals surface area contributed by atoms with Crippen LogP contribution in [0.1, 0.15) is 48.2 Å². The number of nitrogens with zero attached hydrogens (tertiary/aromatic N) is 2. The Bertz CT molecular complexity index is 1350. The van der Waals surface area contributed by atoms with Gasteiger partial charge in [-0.2, -0.15) is 0 Å². The van der Waals surface area contributed by atoms with Crippen molar-refractivity contribution in [1.29, 1.82) is 0 Å². The molecule has 5 N–H and O–H groups in total. The number of carbonyl (C=O) groups excluding carboxylic acids is 1. The molecule has 2 aromatic carbocycles. The monoisotopic (exact) mass is 535 g/mol. The SMILES string of the molecule is Cc1ccc(C(=O)NC2CC2)cc1-n1ccnc(NC(C)(C)c2ccccc2OC[C@@H](O)CNCCO)c1=O. The number of para-hydroxylation sites is 1. The van der Waals surface area contributed by atoms with Gasteiger partial charge in [0, 0.05) is 42.7 Å². The summed E-state index contributed by atoms with van der Waals surface area (Å²) in [5, 5.41) is 28.3. The molecule has 0 aliphatic heterocycles. The quantitative estimate of drug-likeness (QED) is 0.210. The molecule has 1 amide bonds. The minimum atomic E-state index is -0.761. The summed E-state index contributed by atoms with van der Waals surface area (Å²) in [5.74, 6) is 0.571. The number of nitrogens with one attached hydrogen (secondary N) is 3. The predicted molar refractivity (Wildman–Crippen MR) is 150 cm³/mol. The van der Waals surface area contributed by atoms with Crippen molar-refractivity contribution in [2.24, 2.45) is 0 Å². The van der Waals surface area contributed by atoms with E-state index in [1.807, 2.05) is 51.1 Å². The van der Waals surface area contributed by atoms with E-state index in [2.05, 4.69) is 20.9 Å². The van der Waals surface area contributed by atoms with Crippen LogP contribution in [-0.2, 0) is 5.54 Å². The van der Waals surface area contributed by atoms with E-state index in [0.29, 0.717) is 30.1 Å². The van der Waals surface area contributed by atoms with E-state index in [1.165, 1.54) is 4.57 Å². The number of aliphatic hydroxyl groups excluding tert-OH is 2. The molecule has 0 spiro atoms. The van der Waals surface area contributed by atoms with Gasteiger partial charge in [-0.3, -0.25) is 14.2 Å². The first-order valence-electron chi connectivity index (χ1n) is 13.2. The zero-order chi connectivity index (χ0) is 28.0. The van der Waals surface area contributed by atoms with E-state index in [0.717, 1.165) is 24.0 Å². The van der Waals surface area contributed by atoms with Crippen LogP contribution in [0, 0.1) is 6.92 Å². The summed E-state index contributed by atoms with van der Waals surface area (Å²) in [6.07, 6.45) is 4.38. The molecule has 10 nitrogen and oxygen atoms in total. The van der Waals surface area contributed by atoms with Crippen LogP contribution >= 0.6 is 0 Å². The van der Waals surface area contributed by atoms with E-state index in [4.69, 9.17) is 9.84 Å². The normalized spacial score (nSPS) is 14.1. The van der Waals surface area contributed by atoms with Crippen LogP contribution in [0.5, 0.6) is 5.75 Å². The Morgan fingerprint density at radius 2 is 2.00 bits per heavy atom. The van der Waals surface area contributed by atoms with Gasteiger partial charge in [0.2, 0.25) is 0 Å². The highest BCUT2D eigenvalue weighted by atomic mass is 16.5. The smallest absolute Gasteiger partial charge is 0.297 e. The van der Waals surface area contributed by atoms with Gasteiger partial charge in [0.25, 0.3) is 11.5 Å². The van der Waals surface area contributed by atoms with Crippen molar-refractivity contribution in [3.05, 3.63) is 81.9 Å². The first-order chi connectivity index (χ1) is 18.7. The Hall–Kier alpha value is -3.73. The number of benzene rings is 2. The van der Waals surface area contributed by atoms with Crippen LogP contribution in [0.25, 0.3) is 5.69 Å². The lowest BCUT2D eigenvalue weighted by atomic mass is 9.93. The Morgan fingerprint density at radius 3 is 2.74 bits per heavy atom. The molecule has 1 aliphatic rings. The van der Waals surface area contributed by atoms with E-state index >= 15 is 0 Å². The second-order valence-electron chi connectivity index (χ2n) is 10.3. The van der Waals surface area contributed by atoms with Gasteiger partial charge in [-0.25, -0.2) is 4.98 Å². The number of amides is 1. The van der Waals surface area contributed by atoms with Crippen molar-refractivity contribution >= 4 is 11.7 Å². The van der Waals surface area contributed by atoms with Gasteiger partial charge in [-0.05, 0) is 57.4 Å². The molecule has 1 aliphatic carbocycles. The highest BCUT2D eigenvalue weighted by Crippen LogP contribution is 2.32. The fourth-order valence-electron chi connectivity index (χ4n) is 4.26. The molecule has 1 saturated carbocycles. The van der Waals surface area contributed by atoms with Crippen LogP contribution in [-0.4, -0.2) is 64.1 Å². The van der Waals surface area contributed by atoms with E-state index in [-0.39, 0.29) is 36.5 Å². The minimum Gasteiger partial charge on any atom is -0.490 e. The first kappa shape index (κ1) is 28.3. The molecule has 1 aromatic heterocycles. The molecule has 208 valence electrons. The van der Waals surface area contributed by atoms with Crippen molar-refractivity contribution in [3.8, 4) is 11.4 Å². The molecule has 0 bridgehead atoms. The molecule has 0 unspecified atom stereocenters. The van der Waals surface area contributed by atoms with Crippen molar-refractivity contribution < 1.29 is 19.7 Å². The molecule has 3 aromatic rings. The van der Waals surface area contributed by atoms with Gasteiger partial charge in [-0.15, -0.1) is 0 Å². The molecule has 10 heteroatoms. The number of aromatic nitrogens is 2. The van der Waals surface area contributed by atoms with Gasteiger partial charge >= 0.3 is 0 Å². The van der Waals surface area contributed by atoms with E-state index in [9.17, 15) is 14.7 Å². The number of anilines is 1. The number of aliphatic hydroxyl groups is 2. The minimum absolute atomic E-state index is 0.00769. The summed E-state index contributed by atoms with van der Waals surface area (Å²) in [6.45, 7) is 6.47. The molecule has 0 saturated heterocycles. The average Bonchev–Trinajstić information content (AvgIpc) is 3.73. The fraction of sp³-hybridized carbons (Fsp3) is 0.414. The molecular formula is C29H37N5O5. The summed E-state index contributed by atoms with van der Waals surface area (Å²) in [5.41, 5.74) is 1.63. The maximum atomic E-state index is 13.6. The highest BCUT2D eigenvalue weighted by molar-refractivity contribution is 5.95. The van der Waals surface area contributed by atoms with Crippen LogP contribution in [0.4, 0.5) is 5.82 Å². The van der Waals surface area contributed by atoms with Crippen molar-refractivity contribution in [1.82, 2.24) is 20.2 Å². The number of hydrogen-bond donors (Lipinski definition) is 5. The van der Waals surface area contributed by atoms with Crippen LogP contribution < -0.4 is 26.2 Å². The number of rotatable bonds is 13. The summed E-state index contributed by atoms with van der Waals surface area (Å²) >= 11 is 0. The van der Waals surface area contributed by atoms with Gasteiger partial charge in [-0.1, -0.05) is 24.3 Å². The standard InChI is InChI=1S/C29H37N5O5/c1-19-8-9-20(27(37)32-21-10-11-21)16-24(19)34-14-12-31-26(28(34)38)33-29(2,3)23-6-4-5-7-25(23)39-18-22(36)17-30-13-15-35/h4-9,12,14,16,21-22,30,35-36H,10-11,13,15,17-18H2,1-3H3,(H,31,33)(H,32,37)/t22-/m0/s1. The predicted octanol–water partition coefficient (Wildman–Crippen LogP) is 2.10. The molecule has 4 rings (SSSR count). The second kappa shape index (κ2) is 12.4. The fourth-order valence-corrected chi connectivity index (χ4v) is 4.26. The number of ether oxygens (including phenoxy) is 1. The molecule has 1 heterocycles. The van der Waals surface area contributed by atoms with Gasteiger partial charge in [0.1, 0.15) is 18.5 Å². The van der Waals surface area contributed by atoms with Crippen LogP contribution in [0.15, 0.2) is 59.7 Å². The third-order valence-electron chi connectivity index (χ3n) is 6.58. The molecule has 39 heavy (non-hydrogen) atoms. The van der Waals surface area contributed by atoms with Crippen molar-refractivity contribution in [3.63, 3.8) is 0 Å². The molecule has 1 atom stereocenters. The van der Waals surface area contributed by atoms with Gasteiger partial charge < -0.3 is 30.9 Å². The Kier molecular flexibility index (Phi) is 9.01. The zero-order valence-electron chi connectivity index (χ0n) is 22.6. The van der Waals surface area contributed by atoms with Gasteiger partial charge in [0.05, 0.1) is 17.8 Å². The largest absolute Gasteiger partial charge is 0.490 e. The zero-order valence-corrected chi connectivity index (χ0v) is 22.6. The molecule has 0 radical (unpaired) electrons. The van der Waals surface area contributed by atoms with E-state index < -0.39 is 11.6 Å². The van der Waals surface area contributed by atoms with Crippen molar-refractivity contribution in [2.45, 2.75) is 51.3 Å². The van der Waals surface area contributed by atoms with Crippen molar-refractivity contribution in [2.75, 3.05) is 31.6 Å². The summed E-state index contributed by atoms with van der Waals surface area (Å²) < 4.78 is 7.42. The summed E-state index contributed by atoms with van der Waals surface area (Å²) in [4.78, 5) is 30.5. The molecular weight excluding hydrogens is 498 g/mol. The molecule has 1 fully saturated rings. The highest BCUT2D eigenvalue weighted by Gasteiger charge is 2.27. The van der Waals surface area contributed by atoms with Crippen LogP contribution in [0.3, 0.4) is 0 Å². The topological polar surface area (TPSA) is 138 Å². The number of carbonyl (C=O) groups is 1. The third-order valence-corrected chi connectivity index (χ3v) is 6.58. The lowest BCUT2D eigenvalue weighted by molar-refractivity contribution is 0.0951. The lowest BCUT2D eigenvalue weighted by Gasteiger charge is -2.29. The van der Waals surface area contributed by atoms with Gasteiger partial charge in [0.15, 0.2) is 5.82 Å². The summed E-state index contributed by atoms with van der Waals surface area (Å²) in [6, 6.07) is 13.0. The van der Waals surface area contributed by atoms with Crippen LogP contribution in [0.2, 0.25) is 0 Å². The maximum Gasteiger partial charge on any atom is 0.297 e. The maximum absolute atomic E-state index is 13.6.